The Kier molecular flexibility index (Phi) is 4.37. The van der Waals surface area contributed by atoms with Gasteiger partial charge in [0.25, 0.3) is 0 Å². The number of amides is 2. The third kappa shape index (κ3) is 3.26. The van der Waals surface area contributed by atoms with E-state index in [9.17, 15) is 9.59 Å². The highest BCUT2D eigenvalue weighted by atomic mass is 32.1. The monoisotopic (exact) mass is 309 g/mol. The van der Waals surface area contributed by atoms with Crippen LogP contribution < -0.4 is 5.32 Å². The van der Waals surface area contributed by atoms with Gasteiger partial charge in [-0.1, -0.05) is 13.8 Å². The number of aryl methyl sites for hydroxylation is 1. The molecule has 0 bridgehead atoms. The number of hydrogen-bond acceptors (Lipinski definition) is 4. The highest BCUT2D eigenvalue weighted by Gasteiger charge is 2.46. The van der Waals surface area contributed by atoms with E-state index < -0.39 is 11.6 Å². The van der Waals surface area contributed by atoms with Crippen molar-refractivity contribution in [2.45, 2.75) is 59.2 Å². The fourth-order valence-corrected chi connectivity index (χ4v) is 3.26. The van der Waals surface area contributed by atoms with E-state index in [1.165, 1.54) is 11.3 Å². The second kappa shape index (κ2) is 5.75. The molecule has 1 saturated heterocycles. The summed E-state index contributed by atoms with van der Waals surface area (Å²) in [5.74, 6) is 0.242. The molecule has 1 unspecified atom stereocenters. The predicted octanol–water partition coefficient (Wildman–Crippen LogP) is 2.10. The molecule has 2 amide bonds. The highest BCUT2D eigenvalue weighted by molar-refractivity contribution is 7.09. The van der Waals surface area contributed by atoms with Crippen LogP contribution in [0, 0.1) is 12.8 Å². The summed E-state index contributed by atoms with van der Waals surface area (Å²) in [6.07, 6.45) is 0.661. The number of nitrogens with one attached hydrogen (secondary N) is 1. The van der Waals surface area contributed by atoms with Crippen molar-refractivity contribution in [3.8, 4) is 0 Å². The van der Waals surface area contributed by atoms with Gasteiger partial charge < -0.3 is 10.2 Å². The van der Waals surface area contributed by atoms with Crippen LogP contribution in [0.4, 0.5) is 0 Å². The minimum Gasteiger partial charge on any atom is -0.342 e. The lowest BCUT2D eigenvalue weighted by Gasteiger charge is -2.44. The Morgan fingerprint density at radius 3 is 2.62 bits per heavy atom. The summed E-state index contributed by atoms with van der Waals surface area (Å²) in [5, 5.41) is 5.69. The average molecular weight is 309 g/mol. The van der Waals surface area contributed by atoms with E-state index in [0.717, 1.165) is 10.7 Å². The van der Waals surface area contributed by atoms with E-state index >= 15 is 0 Å². The molecule has 1 fully saturated rings. The zero-order valence-corrected chi connectivity index (χ0v) is 14.1. The third-order valence-corrected chi connectivity index (χ3v) is 4.72. The number of nitrogens with zero attached hydrogens (tertiary/aromatic N) is 2. The van der Waals surface area contributed by atoms with Crippen LogP contribution in [0.5, 0.6) is 0 Å². The van der Waals surface area contributed by atoms with Gasteiger partial charge in [-0.25, -0.2) is 4.98 Å². The fourth-order valence-electron chi connectivity index (χ4n) is 2.50. The molecule has 2 heterocycles. The van der Waals surface area contributed by atoms with Gasteiger partial charge in [0.05, 0.1) is 6.54 Å². The van der Waals surface area contributed by atoms with Crippen molar-refractivity contribution < 1.29 is 9.59 Å². The standard InChI is InChI=1S/C15H23N3O2S/c1-9(2)6-11-13(19)18(15(4,5)14(20)17-11)7-12-16-10(3)8-21-12/h8-9,11H,6-7H2,1-5H3,(H,17,20). The Hall–Kier alpha value is -1.43. The van der Waals surface area contributed by atoms with Crippen LogP contribution in [0.2, 0.25) is 0 Å². The molecule has 6 heteroatoms. The minimum atomic E-state index is -0.843. The lowest BCUT2D eigenvalue weighted by Crippen LogP contribution is -2.68. The molecule has 116 valence electrons. The molecule has 0 saturated carbocycles. The number of aromatic nitrogens is 1. The van der Waals surface area contributed by atoms with E-state index in [4.69, 9.17) is 0 Å². The molecule has 21 heavy (non-hydrogen) atoms. The van der Waals surface area contributed by atoms with Gasteiger partial charge in [0.15, 0.2) is 0 Å². The van der Waals surface area contributed by atoms with Gasteiger partial charge in [-0.05, 0) is 33.1 Å². The molecule has 2 rings (SSSR count). The molecule has 1 aliphatic heterocycles. The van der Waals surface area contributed by atoms with Crippen molar-refractivity contribution in [1.82, 2.24) is 15.2 Å². The second-order valence-electron chi connectivity index (χ2n) is 6.52. The van der Waals surface area contributed by atoms with Gasteiger partial charge >= 0.3 is 0 Å². The summed E-state index contributed by atoms with van der Waals surface area (Å²) in [6.45, 7) is 9.99. The topological polar surface area (TPSA) is 62.3 Å². The molecule has 1 aliphatic rings. The van der Waals surface area contributed by atoms with Crippen LogP contribution in [-0.2, 0) is 16.1 Å². The van der Waals surface area contributed by atoms with Gasteiger partial charge in [0, 0.05) is 11.1 Å². The van der Waals surface area contributed by atoms with Crippen molar-refractivity contribution in [2.75, 3.05) is 0 Å². The lowest BCUT2D eigenvalue weighted by molar-refractivity contribution is -0.156. The van der Waals surface area contributed by atoms with E-state index in [1.807, 2.05) is 26.2 Å². The lowest BCUT2D eigenvalue weighted by atomic mass is 9.92. The van der Waals surface area contributed by atoms with Gasteiger partial charge in [-0.15, -0.1) is 11.3 Å². The maximum atomic E-state index is 12.7. The Bertz CT molecular complexity index is 551. The molecule has 0 spiro atoms. The zero-order chi connectivity index (χ0) is 15.8. The molecule has 0 aromatic carbocycles. The summed E-state index contributed by atoms with van der Waals surface area (Å²) in [7, 11) is 0. The Morgan fingerprint density at radius 1 is 1.43 bits per heavy atom. The zero-order valence-electron chi connectivity index (χ0n) is 13.3. The van der Waals surface area contributed by atoms with Crippen LogP contribution in [0.3, 0.4) is 0 Å². The van der Waals surface area contributed by atoms with Crippen LogP contribution in [0.1, 0.15) is 44.8 Å². The van der Waals surface area contributed by atoms with Crippen LogP contribution in [0.25, 0.3) is 0 Å². The molecule has 1 N–H and O–H groups in total. The SMILES string of the molecule is Cc1csc(CN2C(=O)C(CC(C)C)NC(=O)C2(C)C)n1. The van der Waals surface area contributed by atoms with E-state index in [2.05, 4.69) is 10.3 Å². The average Bonchev–Trinajstić information content (AvgIpc) is 2.77. The van der Waals surface area contributed by atoms with Crippen molar-refractivity contribution in [2.24, 2.45) is 5.92 Å². The van der Waals surface area contributed by atoms with Crippen molar-refractivity contribution in [3.63, 3.8) is 0 Å². The van der Waals surface area contributed by atoms with Gasteiger partial charge in [-0.2, -0.15) is 0 Å². The molecule has 1 aromatic heterocycles. The Balaban J connectivity index is 2.24. The van der Waals surface area contributed by atoms with Crippen molar-refractivity contribution in [1.29, 1.82) is 0 Å². The molecule has 5 nitrogen and oxygen atoms in total. The number of carbonyl (C=O) groups excluding carboxylic acids is 2. The molecular formula is C15H23N3O2S. The molecule has 1 atom stereocenters. The predicted molar refractivity (Wildman–Crippen MR) is 82.9 cm³/mol. The highest BCUT2D eigenvalue weighted by Crippen LogP contribution is 2.26. The first kappa shape index (κ1) is 15.9. The Labute approximate surface area is 129 Å². The van der Waals surface area contributed by atoms with Crippen LogP contribution >= 0.6 is 11.3 Å². The van der Waals surface area contributed by atoms with Crippen LogP contribution in [-0.4, -0.2) is 33.3 Å². The first-order valence-electron chi connectivity index (χ1n) is 7.25. The van der Waals surface area contributed by atoms with Gasteiger partial charge in [-0.3, -0.25) is 9.59 Å². The summed E-state index contributed by atoms with van der Waals surface area (Å²) in [5.41, 5.74) is 0.102. The third-order valence-electron chi connectivity index (χ3n) is 3.77. The van der Waals surface area contributed by atoms with Crippen LogP contribution in [0.15, 0.2) is 5.38 Å². The first-order chi connectivity index (χ1) is 9.71. The summed E-state index contributed by atoms with van der Waals surface area (Å²) in [4.78, 5) is 31.1. The largest absolute Gasteiger partial charge is 0.342 e. The molecule has 0 radical (unpaired) electrons. The quantitative estimate of drug-likeness (QED) is 0.926. The molecular weight excluding hydrogens is 286 g/mol. The Morgan fingerprint density at radius 2 is 2.10 bits per heavy atom. The van der Waals surface area contributed by atoms with Crippen molar-refractivity contribution >= 4 is 23.2 Å². The van der Waals surface area contributed by atoms with E-state index in [0.29, 0.717) is 18.9 Å². The molecule has 0 aliphatic carbocycles. The van der Waals surface area contributed by atoms with Gasteiger partial charge in [0.1, 0.15) is 16.6 Å². The fraction of sp³-hybridized carbons (Fsp3) is 0.667. The number of rotatable bonds is 4. The first-order valence-corrected chi connectivity index (χ1v) is 8.13. The normalized spacial score (nSPS) is 21.8. The van der Waals surface area contributed by atoms with Gasteiger partial charge in [0.2, 0.25) is 11.8 Å². The number of thiazole rings is 1. The van der Waals surface area contributed by atoms with Crippen molar-refractivity contribution in [3.05, 3.63) is 16.1 Å². The smallest absolute Gasteiger partial charge is 0.246 e. The second-order valence-corrected chi connectivity index (χ2v) is 7.46. The summed E-state index contributed by atoms with van der Waals surface area (Å²) >= 11 is 1.53. The number of hydrogen-bond donors (Lipinski definition) is 1. The summed E-state index contributed by atoms with van der Waals surface area (Å²) < 4.78 is 0. The minimum absolute atomic E-state index is 0.0128. The maximum Gasteiger partial charge on any atom is 0.246 e. The van der Waals surface area contributed by atoms with E-state index in [-0.39, 0.29) is 11.8 Å². The van der Waals surface area contributed by atoms with E-state index in [1.54, 1.807) is 18.7 Å². The maximum absolute atomic E-state index is 12.7. The number of carbonyl (C=O) groups is 2. The number of piperazine rings is 1. The molecule has 1 aromatic rings. The summed E-state index contributed by atoms with van der Waals surface area (Å²) in [6, 6.07) is -0.424.